The van der Waals surface area contributed by atoms with Gasteiger partial charge in [0, 0.05) is 0 Å². The predicted octanol–water partition coefficient (Wildman–Crippen LogP) is 3.28. The number of carbonyl (C=O) groups excluding carboxylic acids is 2. The molecule has 0 atom stereocenters. The second kappa shape index (κ2) is 9.15. The van der Waals surface area contributed by atoms with Crippen LogP contribution < -0.4 is 19.7 Å². The summed E-state index contributed by atoms with van der Waals surface area (Å²) in [4.78, 5) is 37.9. The molecule has 0 unspecified atom stereocenters. The fraction of sp³-hybridized carbons (Fsp3) is 0.143. The van der Waals surface area contributed by atoms with Gasteiger partial charge < -0.3 is 14.6 Å². The first-order valence-electron chi connectivity index (χ1n) is 9.02. The van der Waals surface area contributed by atoms with Crippen molar-refractivity contribution < 1.29 is 29.0 Å². The number of nitrogens with one attached hydrogen (secondary N) is 1. The molecule has 31 heavy (non-hydrogen) atoms. The van der Waals surface area contributed by atoms with E-state index in [1.165, 1.54) is 43.5 Å². The lowest BCUT2D eigenvalue weighted by Gasteiger charge is -2.29. The van der Waals surface area contributed by atoms with Gasteiger partial charge in [0.05, 0.1) is 30.0 Å². The monoisotopic (exact) mass is 460 g/mol. The third-order valence-electron chi connectivity index (χ3n) is 4.30. The number of carboxylic acid groups (broad SMARTS) is 1. The number of aromatic carboxylic acids is 1. The highest BCUT2D eigenvalue weighted by Gasteiger charge is 2.34. The number of amides is 2. The van der Waals surface area contributed by atoms with Crippen molar-refractivity contribution >= 4 is 58.5 Å². The van der Waals surface area contributed by atoms with E-state index in [9.17, 15) is 19.5 Å². The maximum Gasteiger partial charge on any atom is 0.335 e. The Hall–Kier alpha value is -3.43. The number of benzene rings is 2. The van der Waals surface area contributed by atoms with Gasteiger partial charge in [-0.2, -0.15) is 0 Å². The number of hydrogen-bond donors (Lipinski definition) is 2. The van der Waals surface area contributed by atoms with Crippen LogP contribution in [0.1, 0.15) is 22.8 Å². The summed E-state index contributed by atoms with van der Waals surface area (Å²) in [6, 6.07) is 8.77. The molecule has 2 aromatic rings. The van der Waals surface area contributed by atoms with Crippen LogP contribution in [0.2, 0.25) is 5.02 Å². The minimum atomic E-state index is -1.16. The summed E-state index contributed by atoms with van der Waals surface area (Å²) < 4.78 is 10.8. The number of thiocarbonyl (C=S) groups is 1. The number of carbonyl (C=O) groups is 3. The van der Waals surface area contributed by atoms with Crippen LogP contribution in [0.25, 0.3) is 6.08 Å². The molecule has 1 aliphatic rings. The molecule has 1 aliphatic heterocycles. The van der Waals surface area contributed by atoms with Gasteiger partial charge in [0.2, 0.25) is 0 Å². The van der Waals surface area contributed by atoms with E-state index in [4.69, 9.17) is 33.3 Å². The zero-order chi connectivity index (χ0) is 22.7. The largest absolute Gasteiger partial charge is 0.493 e. The van der Waals surface area contributed by atoms with Crippen LogP contribution in [-0.4, -0.2) is 41.7 Å². The van der Waals surface area contributed by atoms with Crippen LogP contribution in [-0.2, 0) is 9.59 Å². The molecule has 1 fully saturated rings. The van der Waals surface area contributed by atoms with Crippen molar-refractivity contribution in [3.8, 4) is 11.5 Å². The van der Waals surface area contributed by atoms with Crippen molar-refractivity contribution in [3.05, 3.63) is 58.1 Å². The van der Waals surface area contributed by atoms with Gasteiger partial charge in [0.15, 0.2) is 16.6 Å². The van der Waals surface area contributed by atoms with Gasteiger partial charge in [-0.25, -0.2) is 4.79 Å². The van der Waals surface area contributed by atoms with Gasteiger partial charge in [0.1, 0.15) is 5.57 Å². The van der Waals surface area contributed by atoms with Crippen molar-refractivity contribution in [3.63, 3.8) is 0 Å². The molecule has 1 heterocycles. The second-order valence-electron chi connectivity index (χ2n) is 6.28. The highest BCUT2D eigenvalue weighted by molar-refractivity contribution is 7.80. The summed E-state index contributed by atoms with van der Waals surface area (Å²) in [5.41, 5.74) is 0.397. The number of rotatable bonds is 6. The van der Waals surface area contributed by atoms with E-state index >= 15 is 0 Å². The normalized spacial score (nSPS) is 15.1. The highest BCUT2D eigenvalue weighted by Crippen LogP contribution is 2.37. The predicted molar refractivity (Wildman–Crippen MR) is 119 cm³/mol. The molecule has 2 N–H and O–H groups in total. The smallest absolute Gasteiger partial charge is 0.335 e. The number of anilines is 1. The Morgan fingerprint density at radius 1 is 1.29 bits per heavy atom. The molecule has 1 saturated heterocycles. The van der Waals surface area contributed by atoms with E-state index in [1.807, 2.05) is 0 Å². The summed E-state index contributed by atoms with van der Waals surface area (Å²) in [5.74, 6) is -1.87. The third kappa shape index (κ3) is 4.52. The quantitative estimate of drug-likeness (QED) is 0.387. The molecule has 3 rings (SSSR count). The van der Waals surface area contributed by atoms with Crippen molar-refractivity contribution in [2.45, 2.75) is 6.92 Å². The van der Waals surface area contributed by atoms with Crippen LogP contribution in [0.15, 0.2) is 42.0 Å². The first kappa shape index (κ1) is 22.3. The van der Waals surface area contributed by atoms with Crippen LogP contribution in [0, 0.1) is 0 Å². The maximum absolute atomic E-state index is 13.1. The van der Waals surface area contributed by atoms with Crippen molar-refractivity contribution in [2.24, 2.45) is 0 Å². The van der Waals surface area contributed by atoms with Gasteiger partial charge in [-0.1, -0.05) is 17.7 Å². The Bertz CT molecular complexity index is 1130. The second-order valence-corrected chi connectivity index (χ2v) is 7.07. The molecule has 0 aromatic heterocycles. The Kier molecular flexibility index (Phi) is 6.57. The van der Waals surface area contributed by atoms with E-state index in [-0.39, 0.29) is 27.0 Å². The average Bonchev–Trinajstić information content (AvgIpc) is 2.73. The lowest BCUT2D eigenvalue weighted by atomic mass is 10.1. The van der Waals surface area contributed by atoms with Gasteiger partial charge in [-0.15, -0.1) is 0 Å². The van der Waals surface area contributed by atoms with Crippen LogP contribution in [0.5, 0.6) is 11.5 Å². The van der Waals surface area contributed by atoms with E-state index in [2.05, 4.69) is 5.32 Å². The lowest BCUT2D eigenvalue weighted by Crippen LogP contribution is -2.54. The molecular formula is C21H17ClN2O6S. The molecule has 0 spiro atoms. The van der Waals surface area contributed by atoms with Gasteiger partial charge in [0.25, 0.3) is 11.8 Å². The Morgan fingerprint density at radius 3 is 2.68 bits per heavy atom. The number of methoxy groups -OCH3 is 1. The minimum absolute atomic E-state index is 0.0291. The summed E-state index contributed by atoms with van der Waals surface area (Å²) in [5, 5.41) is 11.8. The molecule has 8 nitrogen and oxygen atoms in total. The van der Waals surface area contributed by atoms with Crippen LogP contribution >= 0.6 is 23.8 Å². The van der Waals surface area contributed by atoms with E-state index in [1.54, 1.807) is 13.0 Å². The lowest BCUT2D eigenvalue weighted by molar-refractivity contribution is -0.122. The number of nitrogens with zero attached hydrogens (tertiary/aromatic N) is 1. The molecule has 0 aliphatic carbocycles. The van der Waals surface area contributed by atoms with E-state index in [0.29, 0.717) is 23.7 Å². The molecule has 2 aromatic carbocycles. The molecule has 160 valence electrons. The third-order valence-corrected chi connectivity index (χ3v) is 4.87. The summed E-state index contributed by atoms with van der Waals surface area (Å²) in [6.07, 6.45) is 1.34. The number of carboxylic acids is 1. The fourth-order valence-corrected chi connectivity index (χ4v) is 3.50. The van der Waals surface area contributed by atoms with Gasteiger partial charge in [-0.3, -0.25) is 19.8 Å². The zero-order valence-electron chi connectivity index (χ0n) is 16.5. The summed E-state index contributed by atoms with van der Waals surface area (Å²) in [6.45, 7) is 2.17. The number of halogens is 1. The Balaban J connectivity index is 2.04. The number of ether oxygens (including phenoxy) is 2. The van der Waals surface area contributed by atoms with Crippen LogP contribution in [0.3, 0.4) is 0 Å². The van der Waals surface area contributed by atoms with E-state index in [0.717, 1.165) is 4.90 Å². The standard InChI is InChI=1S/C21H17ClN2O6S/c1-3-30-17-15(22)8-11(9-16(17)29-2)7-14-18(25)23-21(31)24(19(14)26)13-6-4-5-12(10-13)20(27)28/h4-10H,3H2,1-2H3,(H,27,28)(H,23,25,31). The highest BCUT2D eigenvalue weighted by atomic mass is 35.5. The average molecular weight is 461 g/mol. The molecule has 2 amide bonds. The minimum Gasteiger partial charge on any atom is -0.493 e. The number of hydrogen-bond acceptors (Lipinski definition) is 6. The van der Waals surface area contributed by atoms with E-state index < -0.39 is 17.8 Å². The van der Waals surface area contributed by atoms with Crippen molar-refractivity contribution in [1.82, 2.24) is 5.32 Å². The van der Waals surface area contributed by atoms with Crippen molar-refractivity contribution in [1.29, 1.82) is 0 Å². The Labute approximate surface area is 188 Å². The maximum atomic E-state index is 13.1. The molecule has 0 bridgehead atoms. The summed E-state index contributed by atoms with van der Waals surface area (Å²) >= 11 is 11.4. The van der Waals surface area contributed by atoms with Gasteiger partial charge in [-0.05, 0) is 61.1 Å². The van der Waals surface area contributed by atoms with Gasteiger partial charge >= 0.3 is 5.97 Å². The molecule has 0 radical (unpaired) electrons. The fourth-order valence-electron chi connectivity index (χ4n) is 2.94. The SMILES string of the molecule is CCOc1c(Cl)cc(C=C2C(=O)NC(=S)N(c3cccc(C(=O)O)c3)C2=O)cc1OC. The topological polar surface area (TPSA) is 105 Å². The first-order chi connectivity index (χ1) is 14.8. The van der Waals surface area contributed by atoms with Crippen LogP contribution in [0.4, 0.5) is 5.69 Å². The summed E-state index contributed by atoms with van der Waals surface area (Å²) in [7, 11) is 1.44. The van der Waals surface area contributed by atoms with Crippen molar-refractivity contribution in [2.75, 3.05) is 18.6 Å². The first-order valence-corrected chi connectivity index (χ1v) is 9.80. The Morgan fingerprint density at radius 2 is 2.03 bits per heavy atom. The zero-order valence-corrected chi connectivity index (χ0v) is 18.0. The molecular weight excluding hydrogens is 444 g/mol. The molecule has 0 saturated carbocycles. The molecule has 10 heteroatoms.